The summed E-state index contributed by atoms with van der Waals surface area (Å²) in [5.41, 5.74) is 2.66. The topological polar surface area (TPSA) is 37.4 Å². The molecule has 4 nitrogen and oxygen atoms in total. The highest BCUT2D eigenvalue weighted by Gasteiger charge is 2.29. The maximum absolute atomic E-state index is 5.76. The molecule has 2 aliphatic heterocycles. The van der Waals surface area contributed by atoms with Gasteiger partial charge in [0.15, 0.2) is 0 Å². The molecule has 1 fully saturated rings. The zero-order valence-electron chi connectivity index (χ0n) is 12.5. The van der Waals surface area contributed by atoms with Gasteiger partial charge in [0.1, 0.15) is 5.37 Å². The Balaban J connectivity index is 1.40. The molecule has 114 valence electrons. The van der Waals surface area contributed by atoms with Crippen LogP contribution < -0.4 is 5.32 Å². The van der Waals surface area contributed by atoms with E-state index in [1.807, 2.05) is 24.2 Å². The van der Waals surface area contributed by atoms with Crippen LogP contribution in [0, 0.1) is 0 Å². The van der Waals surface area contributed by atoms with Crippen molar-refractivity contribution in [3.63, 3.8) is 0 Å². The third kappa shape index (κ3) is 4.22. The van der Waals surface area contributed by atoms with Crippen LogP contribution in [0.3, 0.4) is 0 Å². The van der Waals surface area contributed by atoms with Gasteiger partial charge in [-0.05, 0) is 49.4 Å². The number of nitrogens with zero attached hydrogens (tertiary/aromatic N) is 2. The molecule has 1 N–H and O–H groups in total. The van der Waals surface area contributed by atoms with Crippen LogP contribution in [-0.4, -0.2) is 48.1 Å². The monoisotopic (exact) mass is 305 g/mol. The Morgan fingerprint density at radius 3 is 3.05 bits per heavy atom. The summed E-state index contributed by atoms with van der Waals surface area (Å²) in [7, 11) is 2.17. The molecule has 0 saturated carbocycles. The summed E-state index contributed by atoms with van der Waals surface area (Å²) in [5.74, 6) is 0. The molecule has 0 aliphatic carbocycles. The number of hydrogen-bond acceptors (Lipinski definition) is 5. The summed E-state index contributed by atoms with van der Waals surface area (Å²) in [5, 5.41) is 6.28. The Morgan fingerprint density at radius 2 is 2.29 bits per heavy atom. The lowest BCUT2D eigenvalue weighted by atomic mass is 10.2. The Labute approximate surface area is 131 Å². The third-order valence-corrected chi connectivity index (χ3v) is 5.09. The van der Waals surface area contributed by atoms with Gasteiger partial charge in [-0.3, -0.25) is 4.98 Å². The van der Waals surface area contributed by atoms with E-state index in [1.54, 1.807) is 0 Å². The quantitative estimate of drug-likeness (QED) is 0.872. The van der Waals surface area contributed by atoms with Gasteiger partial charge < -0.3 is 15.0 Å². The maximum atomic E-state index is 5.76. The van der Waals surface area contributed by atoms with Crippen LogP contribution in [0.4, 0.5) is 0 Å². The number of hydrogen-bond donors (Lipinski definition) is 1. The van der Waals surface area contributed by atoms with Crippen LogP contribution in [0.1, 0.15) is 18.4 Å². The molecule has 2 atom stereocenters. The van der Waals surface area contributed by atoms with Gasteiger partial charge in [-0.2, -0.15) is 0 Å². The minimum Gasteiger partial charge on any atom is -0.375 e. The van der Waals surface area contributed by atoms with Gasteiger partial charge in [-0.1, -0.05) is 0 Å². The molecule has 1 aromatic heterocycles. The molecule has 0 amide bonds. The lowest BCUT2D eigenvalue weighted by Gasteiger charge is -2.21. The van der Waals surface area contributed by atoms with Crippen molar-refractivity contribution in [3.05, 3.63) is 41.2 Å². The zero-order chi connectivity index (χ0) is 14.5. The second kappa shape index (κ2) is 7.29. The average molecular weight is 305 g/mol. The fraction of sp³-hybridized carbons (Fsp3) is 0.562. The SMILES string of the molecule is CN(CCc1ccncc1)CC1=CSC(C2CCCO2)N1. The fourth-order valence-electron chi connectivity index (χ4n) is 2.75. The Bertz CT molecular complexity index is 474. The van der Waals surface area contributed by atoms with Crippen molar-refractivity contribution < 1.29 is 4.74 Å². The molecule has 3 heterocycles. The van der Waals surface area contributed by atoms with Crippen LogP contribution in [0.2, 0.25) is 0 Å². The summed E-state index contributed by atoms with van der Waals surface area (Å²) in [6.07, 6.45) is 7.55. The van der Waals surface area contributed by atoms with Crippen LogP contribution in [0.15, 0.2) is 35.6 Å². The summed E-state index contributed by atoms with van der Waals surface area (Å²) in [6, 6.07) is 4.18. The Hall–Kier alpha value is -1.04. The van der Waals surface area contributed by atoms with E-state index in [0.717, 1.165) is 26.1 Å². The number of nitrogens with one attached hydrogen (secondary N) is 1. The second-order valence-electron chi connectivity index (χ2n) is 5.74. The number of ether oxygens (including phenoxy) is 1. The molecule has 0 bridgehead atoms. The van der Waals surface area contributed by atoms with Crippen molar-refractivity contribution in [1.82, 2.24) is 15.2 Å². The van der Waals surface area contributed by atoms with Gasteiger partial charge in [0.05, 0.1) is 6.10 Å². The van der Waals surface area contributed by atoms with Gasteiger partial charge in [0.25, 0.3) is 0 Å². The van der Waals surface area contributed by atoms with E-state index < -0.39 is 0 Å². The standard InChI is InChI=1S/C16H23N3OS/c1-19(9-6-13-4-7-17-8-5-13)11-14-12-21-16(18-14)15-3-2-10-20-15/h4-5,7-8,12,15-16,18H,2-3,6,9-11H2,1H3. The first-order valence-electron chi connectivity index (χ1n) is 7.61. The number of thioether (sulfide) groups is 1. The summed E-state index contributed by atoms with van der Waals surface area (Å²) in [6.45, 7) is 2.95. The Morgan fingerprint density at radius 1 is 1.43 bits per heavy atom. The van der Waals surface area contributed by atoms with Gasteiger partial charge in [-0.25, -0.2) is 0 Å². The molecule has 0 radical (unpaired) electrons. The number of pyridine rings is 1. The molecule has 21 heavy (non-hydrogen) atoms. The molecule has 0 aromatic carbocycles. The number of likely N-dealkylation sites (N-methyl/N-ethyl adjacent to an activating group) is 1. The van der Waals surface area contributed by atoms with Gasteiger partial charge in [0.2, 0.25) is 0 Å². The van der Waals surface area contributed by atoms with Crippen molar-refractivity contribution in [3.8, 4) is 0 Å². The van der Waals surface area contributed by atoms with Crippen molar-refractivity contribution >= 4 is 11.8 Å². The predicted octanol–water partition coefficient (Wildman–Crippen LogP) is 2.24. The van der Waals surface area contributed by atoms with Crippen LogP contribution in [0.25, 0.3) is 0 Å². The lowest BCUT2D eigenvalue weighted by molar-refractivity contribution is 0.104. The van der Waals surface area contributed by atoms with Crippen molar-refractivity contribution in [2.45, 2.75) is 30.7 Å². The van der Waals surface area contributed by atoms with Crippen LogP contribution in [0.5, 0.6) is 0 Å². The average Bonchev–Trinajstić information content (AvgIpc) is 3.17. The van der Waals surface area contributed by atoms with Crippen molar-refractivity contribution in [2.24, 2.45) is 0 Å². The number of rotatable bonds is 6. The molecule has 0 spiro atoms. The second-order valence-corrected chi connectivity index (χ2v) is 6.75. The van der Waals surface area contributed by atoms with E-state index in [-0.39, 0.29) is 0 Å². The molecular weight excluding hydrogens is 282 g/mol. The first-order chi connectivity index (χ1) is 10.3. The fourth-order valence-corrected chi connectivity index (χ4v) is 3.81. The Kier molecular flexibility index (Phi) is 5.17. The minimum absolute atomic E-state index is 0.380. The largest absolute Gasteiger partial charge is 0.375 e. The van der Waals surface area contributed by atoms with E-state index in [0.29, 0.717) is 11.5 Å². The highest BCUT2D eigenvalue weighted by molar-refractivity contribution is 8.03. The van der Waals surface area contributed by atoms with Gasteiger partial charge in [0, 0.05) is 37.8 Å². The van der Waals surface area contributed by atoms with Gasteiger partial charge in [-0.15, -0.1) is 11.8 Å². The first-order valence-corrected chi connectivity index (χ1v) is 8.55. The first kappa shape index (κ1) is 14.9. The molecule has 2 unspecified atom stereocenters. The summed E-state index contributed by atoms with van der Waals surface area (Å²) >= 11 is 1.87. The van der Waals surface area contributed by atoms with Crippen molar-refractivity contribution in [1.29, 1.82) is 0 Å². The van der Waals surface area contributed by atoms with Crippen LogP contribution >= 0.6 is 11.8 Å². The van der Waals surface area contributed by atoms with Crippen LogP contribution in [-0.2, 0) is 11.2 Å². The molecule has 5 heteroatoms. The highest BCUT2D eigenvalue weighted by atomic mass is 32.2. The maximum Gasteiger partial charge on any atom is 0.103 e. The highest BCUT2D eigenvalue weighted by Crippen LogP contribution is 2.29. The van der Waals surface area contributed by atoms with E-state index in [4.69, 9.17) is 4.74 Å². The summed E-state index contributed by atoms with van der Waals surface area (Å²) in [4.78, 5) is 6.41. The molecule has 1 aromatic rings. The molecular formula is C16H23N3OS. The number of aromatic nitrogens is 1. The van der Waals surface area contributed by atoms with E-state index in [1.165, 1.54) is 24.1 Å². The van der Waals surface area contributed by atoms with E-state index in [9.17, 15) is 0 Å². The zero-order valence-corrected chi connectivity index (χ0v) is 13.3. The molecule has 3 rings (SSSR count). The van der Waals surface area contributed by atoms with E-state index >= 15 is 0 Å². The molecule has 1 saturated heterocycles. The summed E-state index contributed by atoms with van der Waals surface area (Å²) < 4.78 is 5.76. The third-order valence-electron chi connectivity index (χ3n) is 3.96. The molecule has 2 aliphatic rings. The smallest absolute Gasteiger partial charge is 0.103 e. The van der Waals surface area contributed by atoms with Gasteiger partial charge >= 0.3 is 0 Å². The lowest BCUT2D eigenvalue weighted by Crippen LogP contribution is -2.36. The van der Waals surface area contributed by atoms with Crippen molar-refractivity contribution in [2.75, 3.05) is 26.7 Å². The minimum atomic E-state index is 0.380. The van der Waals surface area contributed by atoms with E-state index in [2.05, 4.69) is 39.8 Å². The normalized spacial score (nSPS) is 25.1. The predicted molar refractivity (Wildman–Crippen MR) is 87.0 cm³/mol.